The van der Waals surface area contributed by atoms with Crippen molar-refractivity contribution in [3.8, 4) is 5.75 Å². The smallest absolute Gasteiger partial charge is 0.123 e. The lowest BCUT2D eigenvalue weighted by atomic mass is 9.85. The Balaban J connectivity index is 2.03. The number of nitrogens with one attached hydrogen (secondary N) is 1. The molecule has 1 aromatic carbocycles. The molecule has 3 rings (SSSR count). The van der Waals surface area contributed by atoms with Crippen LogP contribution in [0.4, 0.5) is 0 Å². The van der Waals surface area contributed by atoms with Crippen LogP contribution >= 0.6 is 11.3 Å². The Bertz CT molecular complexity index is 652. The first-order chi connectivity index (χ1) is 9.92. The number of hydrogen-bond donors (Lipinski definition) is 1. The van der Waals surface area contributed by atoms with Crippen molar-refractivity contribution in [2.75, 3.05) is 13.7 Å². The van der Waals surface area contributed by atoms with Crippen LogP contribution in [0.5, 0.6) is 5.75 Å². The van der Waals surface area contributed by atoms with E-state index in [1.807, 2.05) is 18.4 Å². The van der Waals surface area contributed by atoms with Gasteiger partial charge >= 0.3 is 0 Å². The van der Waals surface area contributed by atoms with Gasteiger partial charge in [0.15, 0.2) is 0 Å². The molecular formula is C18H23NOS. The molecule has 0 radical (unpaired) electrons. The molecule has 1 aliphatic rings. The molecule has 0 amide bonds. The van der Waals surface area contributed by atoms with Gasteiger partial charge in [0.25, 0.3) is 0 Å². The van der Waals surface area contributed by atoms with E-state index in [0.29, 0.717) is 0 Å². The van der Waals surface area contributed by atoms with Gasteiger partial charge in [-0.2, -0.15) is 0 Å². The zero-order valence-corrected chi connectivity index (χ0v) is 14.2. The molecule has 112 valence electrons. The fraction of sp³-hybridized carbons (Fsp3) is 0.444. The number of aryl methyl sites for hydroxylation is 2. The summed E-state index contributed by atoms with van der Waals surface area (Å²) in [6.07, 6.45) is 0. The van der Waals surface area contributed by atoms with Gasteiger partial charge in [-0.25, -0.2) is 0 Å². The lowest BCUT2D eigenvalue weighted by Gasteiger charge is -2.19. The van der Waals surface area contributed by atoms with Crippen molar-refractivity contribution in [2.45, 2.75) is 39.2 Å². The summed E-state index contributed by atoms with van der Waals surface area (Å²) in [6, 6.07) is 9.18. The van der Waals surface area contributed by atoms with E-state index in [2.05, 4.69) is 57.3 Å². The number of ether oxygens (including phenoxy) is 1. The zero-order chi connectivity index (χ0) is 15.2. The lowest BCUT2D eigenvalue weighted by molar-refractivity contribution is 0.291. The Labute approximate surface area is 131 Å². The Morgan fingerprint density at radius 3 is 2.62 bits per heavy atom. The molecule has 0 bridgehead atoms. The molecule has 1 atom stereocenters. The van der Waals surface area contributed by atoms with Crippen molar-refractivity contribution in [2.24, 2.45) is 0 Å². The minimum Gasteiger partial charge on any atom is -0.492 e. The lowest BCUT2D eigenvalue weighted by Crippen LogP contribution is -2.20. The highest BCUT2D eigenvalue weighted by molar-refractivity contribution is 7.12. The van der Waals surface area contributed by atoms with Crippen molar-refractivity contribution in [1.29, 1.82) is 0 Å². The molecule has 1 aromatic heterocycles. The van der Waals surface area contributed by atoms with E-state index < -0.39 is 0 Å². The SMILES string of the molecule is CNC(c1ccc2c(c1)C(C)(C)CO2)c1cc(C)c(C)s1. The van der Waals surface area contributed by atoms with Gasteiger partial charge in [0.1, 0.15) is 5.75 Å². The number of benzene rings is 1. The number of rotatable bonds is 3. The molecular weight excluding hydrogens is 278 g/mol. The minimum absolute atomic E-state index is 0.102. The van der Waals surface area contributed by atoms with Crippen LogP contribution < -0.4 is 10.1 Å². The van der Waals surface area contributed by atoms with Crippen molar-refractivity contribution in [3.05, 3.63) is 50.7 Å². The summed E-state index contributed by atoms with van der Waals surface area (Å²) in [4.78, 5) is 2.78. The molecule has 2 heterocycles. The molecule has 0 saturated heterocycles. The van der Waals surface area contributed by atoms with Crippen LogP contribution in [0.3, 0.4) is 0 Å². The second kappa shape index (κ2) is 5.15. The molecule has 2 aromatic rings. The molecule has 3 heteroatoms. The highest BCUT2D eigenvalue weighted by Gasteiger charge is 2.32. The predicted octanol–water partition coefficient (Wildman–Crippen LogP) is 4.34. The van der Waals surface area contributed by atoms with Crippen LogP contribution in [-0.2, 0) is 5.41 Å². The second-order valence-corrected chi connectivity index (χ2v) is 7.83. The van der Waals surface area contributed by atoms with Gasteiger partial charge in [0, 0.05) is 20.7 Å². The maximum absolute atomic E-state index is 5.79. The van der Waals surface area contributed by atoms with E-state index in [1.165, 1.54) is 26.4 Å². The fourth-order valence-corrected chi connectivity index (χ4v) is 4.12. The van der Waals surface area contributed by atoms with Gasteiger partial charge in [-0.05, 0) is 50.2 Å². The van der Waals surface area contributed by atoms with Crippen LogP contribution in [0.15, 0.2) is 24.3 Å². The second-order valence-electron chi connectivity index (χ2n) is 6.54. The van der Waals surface area contributed by atoms with Gasteiger partial charge in [-0.1, -0.05) is 19.9 Å². The van der Waals surface area contributed by atoms with E-state index in [1.54, 1.807) is 0 Å². The first-order valence-corrected chi connectivity index (χ1v) is 8.25. The van der Waals surface area contributed by atoms with Crippen LogP contribution in [0.1, 0.15) is 46.3 Å². The molecule has 1 aliphatic heterocycles. The molecule has 0 saturated carbocycles. The summed E-state index contributed by atoms with van der Waals surface area (Å²) >= 11 is 1.88. The monoisotopic (exact) mass is 301 g/mol. The van der Waals surface area contributed by atoms with E-state index in [-0.39, 0.29) is 11.5 Å². The third-order valence-corrected chi connectivity index (χ3v) is 5.63. The summed E-state index contributed by atoms with van der Waals surface area (Å²) < 4.78 is 5.79. The number of fused-ring (bicyclic) bond motifs is 1. The van der Waals surface area contributed by atoms with Crippen LogP contribution in [0, 0.1) is 13.8 Å². The molecule has 2 nitrogen and oxygen atoms in total. The average Bonchev–Trinajstić information content (AvgIpc) is 2.92. The Morgan fingerprint density at radius 1 is 1.24 bits per heavy atom. The quantitative estimate of drug-likeness (QED) is 0.910. The Kier molecular flexibility index (Phi) is 3.58. The summed E-state index contributed by atoms with van der Waals surface area (Å²) in [5.74, 6) is 1.04. The van der Waals surface area contributed by atoms with Crippen molar-refractivity contribution >= 4 is 11.3 Å². The predicted molar refractivity (Wildman–Crippen MR) is 89.7 cm³/mol. The fourth-order valence-electron chi connectivity index (χ4n) is 2.94. The van der Waals surface area contributed by atoms with Gasteiger partial charge in [0.2, 0.25) is 0 Å². The molecule has 21 heavy (non-hydrogen) atoms. The highest BCUT2D eigenvalue weighted by atomic mass is 32.1. The van der Waals surface area contributed by atoms with Crippen molar-refractivity contribution in [1.82, 2.24) is 5.32 Å². The van der Waals surface area contributed by atoms with E-state index in [4.69, 9.17) is 4.74 Å². The Hall–Kier alpha value is -1.32. The molecule has 0 spiro atoms. The van der Waals surface area contributed by atoms with Crippen molar-refractivity contribution in [3.63, 3.8) is 0 Å². The van der Waals surface area contributed by atoms with Crippen LogP contribution in [0.25, 0.3) is 0 Å². The maximum atomic E-state index is 5.79. The molecule has 1 N–H and O–H groups in total. The van der Waals surface area contributed by atoms with Gasteiger partial charge in [0.05, 0.1) is 12.6 Å². The van der Waals surface area contributed by atoms with Crippen molar-refractivity contribution < 1.29 is 4.74 Å². The first-order valence-electron chi connectivity index (χ1n) is 7.44. The average molecular weight is 301 g/mol. The molecule has 1 unspecified atom stereocenters. The van der Waals surface area contributed by atoms with E-state index in [0.717, 1.165) is 12.4 Å². The highest BCUT2D eigenvalue weighted by Crippen LogP contribution is 2.41. The first kappa shape index (κ1) is 14.6. The normalized spacial score (nSPS) is 17.4. The summed E-state index contributed by atoms with van der Waals surface area (Å²) in [5, 5.41) is 3.46. The number of thiophene rings is 1. The summed E-state index contributed by atoms with van der Waals surface area (Å²) in [6.45, 7) is 9.64. The molecule has 0 fully saturated rings. The third-order valence-electron chi connectivity index (χ3n) is 4.41. The molecule has 0 aliphatic carbocycles. The number of hydrogen-bond acceptors (Lipinski definition) is 3. The van der Waals surface area contributed by atoms with E-state index >= 15 is 0 Å². The maximum Gasteiger partial charge on any atom is 0.123 e. The van der Waals surface area contributed by atoms with Gasteiger partial charge in [-0.15, -0.1) is 11.3 Å². The zero-order valence-electron chi connectivity index (χ0n) is 13.4. The van der Waals surface area contributed by atoms with Gasteiger partial charge < -0.3 is 10.1 Å². The topological polar surface area (TPSA) is 21.3 Å². The summed E-state index contributed by atoms with van der Waals surface area (Å²) in [5.41, 5.74) is 4.12. The Morgan fingerprint density at radius 2 is 2.00 bits per heavy atom. The third kappa shape index (κ3) is 2.49. The largest absolute Gasteiger partial charge is 0.492 e. The van der Waals surface area contributed by atoms with E-state index in [9.17, 15) is 0 Å². The minimum atomic E-state index is 0.102. The van der Waals surface area contributed by atoms with Gasteiger partial charge in [-0.3, -0.25) is 0 Å². The van der Waals surface area contributed by atoms with Crippen LogP contribution in [0.2, 0.25) is 0 Å². The standard InChI is InChI=1S/C18H23NOS/c1-11-8-16(21-12(11)2)17(19-5)13-6-7-15-14(9-13)18(3,4)10-20-15/h6-9,17,19H,10H2,1-5H3. The van der Waals surface area contributed by atoms with Crippen LogP contribution in [-0.4, -0.2) is 13.7 Å². The summed E-state index contributed by atoms with van der Waals surface area (Å²) in [7, 11) is 2.03.